The lowest BCUT2D eigenvalue weighted by atomic mass is 10.1. The van der Waals surface area contributed by atoms with Gasteiger partial charge in [0, 0.05) is 13.0 Å². The first-order valence-electron chi connectivity index (χ1n) is 3.95. The molecule has 1 aliphatic carbocycles. The first kappa shape index (κ1) is 7.10. The van der Waals surface area contributed by atoms with Crippen molar-refractivity contribution in [3.8, 4) is 0 Å². The van der Waals surface area contributed by atoms with Gasteiger partial charge in [-0.15, -0.1) is 0 Å². The highest BCUT2D eigenvalue weighted by atomic mass is 16.7. The maximum atomic E-state index is 11.4. The fraction of sp³-hybridized carbons (Fsp3) is 0.875. The maximum absolute atomic E-state index is 11.4. The van der Waals surface area contributed by atoms with Crippen LogP contribution < -0.4 is 0 Å². The topological polar surface area (TPSA) is 29.5 Å². The SMILES string of the molecule is CN1OC[C@H]2[C@@H](C1=O)C2(C)C. The molecular weight excluding hydrogens is 142 g/mol. The normalized spacial score (nSPS) is 40.3. The molecule has 2 atom stereocenters. The summed E-state index contributed by atoms with van der Waals surface area (Å²) >= 11 is 0. The van der Waals surface area contributed by atoms with Crippen LogP contribution in [0.15, 0.2) is 0 Å². The van der Waals surface area contributed by atoms with Crippen molar-refractivity contribution < 1.29 is 9.63 Å². The zero-order chi connectivity index (χ0) is 8.22. The van der Waals surface area contributed by atoms with E-state index >= 15 is 0 Å². The predicted molar refractivity (Wildman–Crippen MR) is 39.5 cm³/mol. The summed E-state index contributed by atoms with van der Waals surface area (Å²) in [4.78, 5) is 16.5. The minimum atomic E-state index is 0.145. The Kier molecular flexibility index (Phi) is 1.15. The minimum Gasteiger partial charge on any atom is -0.272 e. The van der Waals surface area contributed by atoms with Gasteiger partial charge in [0.25, 0.3) is 0 Å². The van der Waals surface area contributed by atoms with E-state index in [1.165, 1.54) is 5.06 Å². The highest BCUT2D eigenvalue weighted by Crippen LogP contribution is 2.60. The zero-order valence-corrected chi connectivity index (χ0v) is 7.13. The van der Waals surface area contributed by atoms with Crippen molar-refractivity contribution in [2.75, 3.05) is 13.7 Å². The van der Waals surface area contributed by atoms with Crippen molar-refractivity contribution in [2.24, 2.45) is 17.3 Å². The second-order valence-corrected chi connectivity index (χ2v) is 4.04. The van der Waals surface area contributed by atoms with E-state index in [4.69, 9.17) is 4.84 Å². The molecule has 2 rings (SSSR count). The van der Waals surface area contributed by atoms with Gasteiger partial charge in [0.1, 0.15) is 0 Å². The Morgan fingerprint density at radius 1 is 1.64 bits per heavy atom. The Balaban J connectivity index is 2.19. The first-order valence-corrected chi connectivity index (χ1v) is 3.95. The Morgan fingerprint density at radius 3 is 2.82 bits per heavy atom. The van der Waals surface area contributed by atoms with Crippen LogP contribution in [-0.4, -0.2) is 24.6 Å². The van der Waals surface area contributed by atoms with Crippen LogP contribution in [0.1, 0.15) is 13.8 Å². The number of nitrogens with zero attached hydrogens (tertiary/aromatic N) is 1. The maximum Gasteiger partial charge on any atom is 0.249 e. The number of hydrogen-bond donors (Lipinski definition) is 0. The summed E-state index contributed by atoms with van der Waals surface area (Å²) in [6, 6.07) is 0. The Bertz CT molecular complexity index is 212. The molecule has 0 aromatic rings. The quantitative estimate of drug-likeness (QED) is 0.514. The first-order chi connectivity index (χ1) is 5.05. The molecule has 1 heterocycles. The number of carbonyl (C=O) groups excluding carboxylic acids is 1. The van der Waals surface area contributed by atoms with Gasteiger partial charge < -0.3 is 0 Å². The van der Waals surface area contributed by atoms with E-state index < -0.39 is 0 Å². The lowest BCUT2D eigenvalue weighted by Gasteiger charge is -2.20. The summed E-state index contributed by atoms with van der Waals surface area (Å²) < 4.78 is 0. The molecule has 0 spiro atoms. The molecule has 0 aromatic heterocycles. The van der Waals surface area contributed by atoms with Crippen LogP contribution in [-0.2, 0) is 9.63 Å². The molecule has 0 aromatic carbocycles. The predicted octanol–water partition coefficient (Wildman–Crippen LogP) is 0.662. The summed E-state index contributed by atoms with van der Waals surface area (Å²) in [5, 5.41) is 1.37. The molecule has 2 aliphatic rings. The highest BCUT2D eigenvalue weighted by molar-refractivity contribution is 5.82. The van der Waals surface area contributed by atoms with Crippen molar-refractivity contribution in [1.29, 1.82) is 0 Å². The van der Waals surface area contributed by atoms with Crippen LogP contribution in [0.5, 0.6) is 0 Å². The fourth-order valence-corrected chi connectivity index (χ4v) is 2.00. The summed E-state index contributed by atoms with van der Waals surface area (Å²) in [6.45, 7) is 4.96. The van der Waals surface area contributed by atoms with Crippen molar-refractivity contribution in [2.45, 2.75) is 13.8 Å². The number of hydrogen-bond acceptors (Lipinski definition) is 2. The van der Waals surface area contributed by atoms with Gasteiger partial charge in [-0.1, -0.05) is 13.8 Å². The molecule has 3 nitrogen and oxygen atoms in total. The third kappa shape index (κ3) is 0.745. The third-order valence-corrected chi connectivity index (χ3v) is 3.07. The van der Waals surface area contributed by atoms with Gasteiger partial charge in [0.15, 0.2) is 0 Å². The lowest BCUT2D eigenvalue weighted by Crippen LogP contribution is -2.34. The van der Waals surface area contributed by atoms with E-state index in [1.807, 2.05) is 0 Å². The summed E-state index contributed by atoms with van der Waals surface area (Å²) in [6.07, 6.45) is 0. The van der Waals surface area contributed by atoms with E-state index in [9.17, 15) is 4.79 Å². The molecular formula is C8H13NO2. The Morgan fingerprint density at radius 2 is 2.27 bits per heavy atom. The molecule has 0 radical (unpaired) electrons. The Labute approximate surface area is 66.3 Å². The van der Waals surface area contributed by atoms with Crippen LogP contribution >= 0.6 is 0 Å². The molecule has 11 heavy (non-hydrogen) atoms. The molecule has 0 bridgehead atoms. The molecule has 0 N–H and O–H groups in total. The van der Waals surface area contributed by atoms with Gasteiger partial charge >= 0.3 is 0 Å². The van der Waals surface area contributed by atoms with Crippen LogP contribution in [0.3, 0.4) is 0 Å². The minimum absolute atomic E-state index is 0.145. The van der Waals surface area contributed by atoms with E-state index in [-0.39, 0.29) is 17.2 Å². The van der Waals surface area contributed by atoms with E-state index in [1.54, 1.807) is 7.05 Å². The van der Waals surface area contributed by atoms with Gasteiger partial charge in [-0.05, 0) is 5.41 Å². The van der Waals surface area contributed by atoms with E-state index in [0.29, 0.717) is 12.5 Å². The fourth-order valence-electron chi connectivity index (χ4n) is 2.00. The molecule has 3 heteroatoms. The molecule has 1 saturated carbocycles. The average molecular weight is 155 g/mol. The summed E-state index contributed by atoms with van der Waals surface area (Å²) in [5.41, 5.74) is 0.182. The zero-order valence-electron chi connectivity index (χ0n) is 7.13. The number of carbonyl (C=O) groups is 1. The van der Waals surface area contributed by atoms with E-state index in [2.05, 4.69) is 13.8 Å². The van der Waals surface area contributed by atoms with Crippen LogP contribution in [0.2, 0.25) is 0 Å². The third-order valence-electron chi connectivity index (χ3n) is 3.07. The van der Waals surface area contributed by atoms with Crippen LogP contribution in [0.4, 0.5) is 0 Å². The standard InChI is InChI=1S/C8H13NO2/c1-8(2)5-4-11-9(3)7(10)6(5)8/h5-6H,4H2,1-3H3/t5-,6-/m0/s1. The Hall–Kier alpha value is -0.570. The second kappa shape index (κ2) is 1.78. The molecule has 2 fully saturated rings. The van der Waals surface area contributed by atoms with Crippen molar-refractivity contribution in [3.05, 3.63) is 0 Å². The molecule has 62 valence electrons. The van der Waals surface area contributed by atoms with Gasteiger partial charge in [-0.2, -0.15) is 0 Å². The second-order valence-electron chi connectivity index (χ2n) is 4.04. The van der Waals surface area contributed by atoms with Crippen molar-refractivity contribution >= 4 is 5.91 Å². The summed E-state index contributed by atoms with van der Waals surface area (Å²) in [5.74, 6) is 0.832. The lowest BCUT2D eigenvalue weighted by molar-refractivity contribution is -0.191. The highest BCUT2D eigenvalue weighted by Gasteiger charge is 2.64. The molecule has 1 amide bonds. The molecule has 1 saturated heterocycles. The van der Waals surface area contributed by atoms with Gasteiger partial charge in [-0.25, -0.2) is 5.06 Å². The molecule has 0 unspecified atom stereocenters. The van der Waals surface area contributed by atoms with Crippen molar-refractivity contribution in [3.63, 3.8) is 0 Å². The number of fused-ring (bicyclic) bond motifs is 1. The van der Waals surface area contributed by atoms with Crippen LogP contribution in [0, 0.1) is 17.3 Å². The van der Waals surface area contributed by atoms with Crippen molar-refractivity contribution in [1.82, 2.24) is 5.06 Å². The molecule has 1 aliphatic heterocycles. The van der Waals surface area contributed by atoms with Crippen LogP contribution in [0.25, 0.3) is 0 Å². The number of hydroxylamine groups is 2. The van der Waals surface area contributed by atoms with Gasteiger partial charge in [0.05, 0.1) is 12.5 Å². The number of amides is 1. The smallest absolute Gasteiger partial charge is 0.249 e. The largest absolute Gasteiger partial charge is 0.272 e. The van der Waals surface area contributed by atoms with E-state index in [0.717, 1.165) is 0 Å². The van der Waals surface area contributed by atoms with Gasteiger partial charge in [0.2, 0.25) is 5.91 Å². The van der Waals surface area contributed by atoms with Gasteiger partial charge in [-0.3, -0.25) is 9.63 Å². The summed E-state index contributed by atoms with van der Waals surface area (Å²) in [7, 11) is 1.69. The monoisotopic (exact) mass is 155 g/mol. The average Bonchev–Trinajstić information content (AvgIpc) is 2.46. The number of rotatable bonds is 0.